The number of aliphatic carboxylic acids is 1. The van der Waals surface area contributed by atoms with Gasteiger partial charge in [-0.1, -0.05) is 19.3 Å². The highest BCUT2D eigenvalue weighted by Crippen LogP contribution is 2.39. The monoisotopic (exact) mass is 408 g/mol. The molecular formula is C19H25ClN4O4. The molecule has 2 aromatic rings. The summed E-state index contributed by atoms with van der Waals surface area (Å²) in [5, 5.41) is 13.6. The Hall–Kier alpha value is -2.35. The van der Waals surface area contributed by atoms with Gasteiger partial charge in [-0.2, -0.15) is 4.98 Å². The molecule has 1 amide bonds. The van der Waals surface area contributed by atoms with E-state index >= 15 is 0 Å². The molecule has 1 aliphatic carbocycles. The molecule has 0 saturated heterocycles. The maximum absolute atomic E-state index is 12.4. The van der Waals surface area contributed by atoms with Crippen LogP contribution in [0.4, 0.5) is 4.79 Å². The van der Waals surface area contributed by atoms with Gasteiger partial charge < -0.3 is 19.7 Å². The number of fused-ring (bicyclic) bond motifs is 1. The summed E-state index contributed by atoms with van der Waals surface area (Å²) in [4.78, 5) is 32.8. The summed E-state index contributed by atoms with van der Waals surface area (Å²) in [6, 6.07) is 1.79. The van der Waals surface area contributed by atoms with Crippen LogP contribution in [0.15, 0.2) is 12.3 Å². The molecule has 152 valence electrons. The average molecular weight is 409 g/mol. The van der Waals surface area contributed by atoms with Crippen LogP contribution >= 0.6 is 11.6 Å². The zero-order valence-corrected chi connectivity index (χ0v) is 17.0. The summed E-state index contributed by atoms with van der Waals surface area (Å²) in [7, 11) is 0. The Morgan fingerprint density at radius 3 is 2.61 bits per heavy atom. The van der Waals surface area contributed by atoms with Gasteiger partial charge in [0.05, 0.1) is 6.54 Å². The number of rotatable bonds is 4. The molecule has 2 aromatic heterocycles. The first kappa shape index (κ1) is 20.4. The second-order valence-electron chi connectivity index (χ2n) is 8.14. The zero-order chi connectivity index (χ0) is 20.5. The molecule has 0 aliphatic heterocycles. The first-order chi connectivity index (χ1) is 13.1. The van der Waals surface area contributed by atoms with Crippen LogP contribution in [0.2, 0.25) is 5.28 Å². The van der Waals surface area contributed by atoms with Crippen LogP contribution < -0.4 is 5.32 Å². The van der Waals surface area contributed by atoms with Gasteiger partial charge in [-0.25, -0.2) is 14.6 Å². The summed E-state index contributed by atoms with van der Waals surface area (Å²) < 4.78 is 7.00. The van der Waals surface area contributed by atoms with Gasteiger partial charge in [-0.3, -0.25) is 0 Å². The first-order valence-corrected chi connectivity index (χ1v) is 9.74. The second-order valence-corrected chi connectivity index (χ2v) is 8.48. The van der Waals surface area contributed by atoms with Crippen molar-refractivity contribution in [2.24, 2.45) is 0 Å². The van der Waals surface area contributed by atoms with Crippen molar-refractivity contribution >= 4 is 34.7 Å². The van der Waals surface area contributed by atoms with E-state index in [9.17, 15) is 14.7 Å². The number of carbonyl (C=O) groups is 2. The number of hydrogen-bond donors (Lipinski definition) is 2. The number of ether oxygens (including phenoxy) is 1. The van der Waals surface area contributed by atoms with Gasteiger partial charge in [0, 0.05) is 17.3 Å². The number of hydrogen-bond acceptors (Lipinski definition) is 5. The first-order valence-electron chi connectivity index (χ1n) is 9.36. The van der Waals surface area contributed by atoms with Gasteiger partial charge in [-0.05, 0) is 51.3 Å². The van der Waals surface area contributed by atoms with Crippen LogP contribution in [0.3, 0.4) is 0 Å². The fourth-order valence-electron chi connectivity index (χ4n) is 3.78. The van der Waals surface area contributed by atoms with E-state index in [4.69, 9.17) is 16.3 Å². The lowest BCUT2D eigenvalue weighted by molar-refractivity contribution is -0.149. The van der Waals surface area contributed by atoms with E-state index in [1.165, 1.54) is 0 Å². The third-order valence-electron chi connectivity index (χ3n) is 4.91. The summed E-state index contributed by atoms with van der Waals surface area (Å²) >= 11 is 5.99. The van der Waals surface area contributed by atoms with Crippen molar-refractivity contribution in [1.82, 2.24) is 19.9 Å². The number of carboxylic acids is 1. The van der Waals surface area contributed by atoms with Crippen molar-refractivity contribution < 1.29 is 19.4 Å². The highest BCUT2D eigenvalue weighted by atomic mass is 35.5. The smallest absolute Gasteiger partial charge is 0.407 e. The molecule has 0 aromatic carbocycles. The van der Waals surface area contributed by atoms with E-state index in [2.05, 4.69) is 15.3 Å². The molecule has 3 rings (SSSR count). The van der Waals surface area contributed by atoms with Gasteiger partial charge in [0.1, 0.15) is 16.8 Å². The minimum atomic E-state index is -1.12. The Balaban J connectivity index is 2.04. The lowest BCUT2D eigenvalue weighted by atomic mass is 9.81. The maximum Gasteiger partial charge on any atom is 0.407 e. The lowest BCUT2D eigenvalue weighted by Gasteiger charge is -2.36. The molecule has 2 N–H and O–H groups in total. The summed E-state index contributed by atoms with van der Waals surface area (Å²) in [6.07, 6.45) is 4.60. The number of carbonyl (C=O) groups excluding carboxylic acids is 1. The van der Waals surface area contributed by atoms with Crippen molar-refractivity contribution in [3.05, 3.63) is 23.2 Å². The van der Waals surface area contributed by atoms with E-state index < -0.39 is 23.2 Å². The Morgan fingerprint density at radius 1 is 1.32 bits per heavy atom. The van der Waals surface area contributed by atoms with E-state index in [1.807, 2.05) is 0 Å². The third kappa shape index (κ3) is 4.06. The largest absolute Gasteiger partial charge is 0.479 e. The molecular weight excluding hydrogens is 384 g/mol. The van der Waals surface area contributed by atoms with Gasteiger partial charge in [0.25, 0.3) is 0 Å². The van der Waals surface area contributed by atoms with Crippen molar-refractivity contribution in [2.45, 2.75) is 70.6 Å². The molecule has 8 nitrogen and oxygen atoms in total. The minimum Gasteiger partial charge on any atom is -0.479 e. The molecule has 9 heteroatoms. The highest BCUT2D eigenvalue weighted by molar-refractivity contribution is 6.28. The number of aromatic nitrogens is 3. The van der Waals surface area contributed by atoms with Gasteiger partial charge in [0.15, 0.2) is 0 Å². The van der Waals surface area contributed by atoms with E-state index in [0.717, 1.165) is 19.3 Å². The van der Waals surface area contributed by atoms with Crippen LogP contribution in [-0.2, 0) is 21.6 Å². The standard InChI is InChI=1S/C19H25ClN4O4/c1-18(2,3)28-17(27)22-11-13-9-12-10-21-16(20)23-14(12)24(13)19(15(25)26)7-5-4-6-8-19/h9-10H,4-8,11H2,1-3H3,(H,22,27)(H,25,26). The Labute approximate surface area is 168 Å². The van der Waals surface area contributed by atoms with Crippen LogP contribution in [0.5, 0.6) is 0 Å². The van der Waals surface area contributed by atoms with Crippen LogP contribution in [-0.4, -0.2) is 37.3 Å². The molecule has 0 atom stereocenters. The molecule has 0 spiro atoms. The van der Waals surface area contributed by atoms with Crippen LogP contribution in [0, 0.1) is 0 Å². The number of carboxylic acid groups (broad SMARTS) is 1. The van der Waals surface area contributed by atoms with Crippen molar-refractivity contribution in [1.29, 1.82) is 0 Å². The molecule has 1 fully saturated rings. The fraction of sp³-hybridized carbons (Fsp3) is 0.579. The highest BCUT2D eigenvalue weighted by Gasteiger charge is 2.43. The number of amides is 1. The predicted octanol–water partition coefficient (Wildman–Crippen LogP) is 3.85. The van der Waals surface area contributed by atoms with Crippen LogP contribution in [0.1, 0.15) is 58.6 Å². The SMILES string of the molecule is CC(C)(C)OC(=O)NCc1cc2cnc(Cl)nc2n1C1(C(=O)O)CCCCC1. The van der Waals surface area contributed by atoms with E-state index in [0.29, 0.717) is 29.6 Å². The second kappa shape index (κ2) is 7.58. The molecule has 28 heavy (non-hydrogen) atoms. The maximum atomic E-state index is 12.4. The van der Waals surface area contributed by atoms with E-state index in [-0.39, 0.29) is 11.8 Å². The molecule has 1 saturated carbocycles. The molecule has 1 aliphatic rings. The average Bonchev–Trinajstić information content (AvgIpc) is 2.97. The molecule has 0 bridgehead atoms. The summed E-state index contributed by atoms with van der Waals surface area (Å²) in [5.74, 6) is -0.905. The topological polar surface area (TPSA) is 106 Å². The number of alkyl carbamates (subject to hydrolysis) is 1. The number of nitrogens with one attached hydrogen (secondary N) is 1. The minimum absolute atomic E-state index is 0.0508. The number of nitrogens with zero attached hydrogens (tertiary/aromatic N) is 3. The normalized spacial score (nSPS) is 16.7. The van der Waals surface area contributed by atoms with Gasteiger partial charge >= 0.3 is 12.1 Å². The molecule has 0 unspecified atom stereocenters. The van der Waals surface area contributed by atoms with Crippen molar-refractivity contribution in [3.8, 4) is 0 Å². The summed E-state index contributed by atoms with van der Waals surface area (Å²) in [6.45, 7) is 5.45. The Bertz CT molecular complexity index is 897. The quantitative estimate of drug-likeness (QED) is 0.744. The third-order valence-corrected chi connectivity index (χ3v) is 5.09. The summed E-state index contributed by atoms with van der Waals surface area (Å²) in [5.41, 5.74) is -0.656. The van der Waals surface area contributed by atoms with Gasteiger partial charge in [-0.15, -0.1) is 0 Å². The Morgan fingerprint density at radius 2 is 2.00 bits per heavy atom. The predicted molar refractivity (Wildman–Crippen MR) is 104 cm³/mol. The molecule has 0 radical (unpaired) electrons. The zero-order valence-electron chi connectivity index (χ0n) is 16.3. The fourth-order valence-corrected chi connectivity index (χ4v) is 3.91. The Kier molecular flexibility index (Phi) is 5.52. The van der Waals surface area contributed by atoms with Gasteiger partial charge in [0.2, 0.25) is 5.28 Å². The lowest BCUT2D eigenvalue weighted by Crippen LogP contribution is -2.45. The number of halogens is 1. The van der Waals surface area contributed by atoms with Crippen LogP contribution in [0.25, 0.3) is 11.0 Å². The van der Waals surface area contributed by atoms with Crippen molar-refractivity contribution in [2.75, 3.05) is 0 Å². The molecule has 2 heterocycles. The van der Waals surface area contributed by atoms with Crippen molar-refractivity contribution in [3.63, 3.8) is 0 Å². The van der Waals surface area contributed by atoms with E-state index in [1.54, 1.807) is 37.6 Å².